The van der Waals surface area contributed by atoms with Gasteiger partial charge in [-0.3, -0.25) is 4.79 Å². The zero-order valence-corrected chi connectivity index (χ0v) is 12.5. The number of piperidine rings is 1. The van der Waals surface area contributed by atoms with E-state index in [9.17, 15) is 4.79 Å². The number of benzene rings is 1. The molecule has 1 saturated carbocycles. The van der Waals surface area contributed by atoms with Gasteiger partial charge < -0.3 is 10.1 Å². The summed E-state index contributed by atoms with van der Waals surface area (Å²) in [5.74, 6) is 0.448. The molecule has 1 unspecified atom stereocenters. The summed E-state index contributed by atoms with van der Waals surface area (Å²) in [6, 6.07) is 10.1. The fourth-order valence-corrected chi connectivity index (χ4v) is 3.41. The Bertz CT molecular complexity index is 549. The SMILES string of the molecule is CCC1CN(C(=O)C2(c3ccccc3)CC2)CC/C1=N\O. The van der Waals surface area contributed by atoms with Crippen molar-refractivity contribution in [3.8, 4) is 0 Å². The van der Waals surface area contributed by atoms with Gasteiger partial charge in [0.05, 0.1) is 11.1 Å². The lowest BCUT2D eigenvalue weighted by atomic mass is 9.89. The second-order valence-electron chi connectivity index (χ2n) is 6.15. The number of carbonyl (C=O) groups excluding carboxylic acids is 1. The summed E-state index contributed by atoms with van der Waals surface area (Å²) < 4.78 is 0. The van der Waals surface area contributed by atoms with Gasteiger partial charge in [0.25, 0.3) is 0 Å². The first kappa shape index (κ1) is 14.1. The first-order valence-electron chi connectivity index (χ1n) is 7.77. The van der Waals surface area contributed by atoms with Gasteiger partial charge >= 0.3 is 0 Å². The smallest absolute Gasteiger partial charge is 0.233 e. The van der Waals surface area contributed by atoms with Crippen molar-refractivity contribution in [3.05, 3.63) is 35.9 Å². The van der Waals surface area contributed by atoms with Gasteiger partial charge in [0.15, 0.2) is 0 Å². The minimum absolute atomic E-state index is 0.194. The van der Waals surface area contributed by atoms with E-state index in [1.807, 2.05) is 23.1 Å². The van der Waals surface area contributed by atoms with Gasteiger partial charge in [0.2, 0.25) is 5.91 Å². The number of oxime groups is 1. The van der Waals surface area contributed by atoms with Crippen LogP contribution in [0.15, 0.2) is 35.5 Å². The summed E-state index contributed by atoms with van der Waals surface area (Å²) in [5.41, 5.74) is 1.70. The van der Waals surface area contributed by atoms with Crippen molar-refractivity contribution >= 4 is 11.6 Å². The normalized spacial score (nSPS) is 25.9. The van der Waals surface area contributed by atoms with Crippen molar-refractivity contribution in [2.45, 2.75) is 38.0 Å². The fourth-order valence-electron chi connectivity index (χ4n) is 3.41. The fraction of sp³-hybridized carbons (Fsp3) is 0.529. The van der Waals surface area contributed by atoms with E-state index in [0.717, 1.165) is 30.5 Å². The van der Waals surface area contributed by atoms with Crippen molar-refractivity contribution in [2.75, 3.05) is 13.1 Å². The highest BCUT2D eigenvalue weighted by atomic mass is 16.4. The van der Waals surface area contributed by atoms with E-state index < -0.39 is 0 Å². The molecule has 3 rings (SSSR count). The summed E-state index contributed by atoms with van der Waals surface area (Å²) in [6.45, 7) is 3.43. The number of hydrogen-bond acceptors (Lipinski definition) is 3. The Morgan fingerprint density at radius 1 is 1.38 bits per heavy atom. The maximum Gasteiger partial charge on any atom is 0.233 e. The van der Waals surface area contributed by atoms with Crippen LogP contribution in [0.4, 0.5) is 0 Å². The Hall–Kier alpha value is -1.84. The lowest BCUT2D eigenvalue weighted by molar-refractivity contribution is -0.134. The molecule has 2 aliphatic rings. The molecule has 0 aromatic heterocycles. The van der Waals surface area contributed by atoms with Crippen LogP contribution in [0.3, 0.4) is 0 Å². The molecule has 0 radical (unpaired) electrons. The van der Waals surface area contributed by atoms with E-state index >= 15 is 0 Å². The average molecular weight is 286 g/mol. The van der Waals surface area contributed by atoms with E-state index in [-0.39, 0.29) is 17.2 Å². The van der Waals surface area contributed by atoms with Gasteiger partial charge in [-0.2, -0.15) is 0 Å². The standard InChI is InChI=1S/C17H22N2O2/c1-2-13-12-19(11-8-15(13)18-21)16(20)17(9-10-17)14-6-4-3-5-7-14/h3-7,13,21H,2,8-12H2,1H3/b18-15+. The van der Waals surface area contributed by atoms with Crippen LogP contribution >= 0.6 is 0 Å². The summed E-state index contributed by atoms with van der Waals surface area (Å²) >= 11 is 0. The molecule has 1 atom stereocenters. The van der Waals surface area contributed by atoms with Crippen molar-refractivity contribution < 1.29 is 10.0 Å². The maximum atomic E-state index is 13.0. The van der Waals surface area contributed by atoms with Gasteiger partial charge in [0.1, 0.15) is 0 Å². The summed E-state index contributed by atoms with van der Waals surface area (Å²) in [7, 11) is 0. The summed E-state index contributed by atoms with van der Waals surface area (Å²) in [6.07, 6.45) is 3.49. The predicted octanol–water partition coefficient (Wildman–Crippen LogP) is 2.81. The molecule has 4 heteroatoms. The van der Waals surface area contributed by atoms with Gasteiger partial charge in [-0.15, -0.1) is 0 Å². The Morgan fingerprint density at radius 2 is 2.10 bits per heavy atom. The van der Waals surface area contributed by atoms with Crippen LogP contribution < -0.4 is 0 Å². The van der Waals surface area contributed by atoms with Crippen LogP contribution in [0.5, 0.6) is 0 Å². The number of amides is 1. The highest BCUT2D eigenvalue weighted by molar-refractivity contribution is 5.94. The maximum absolute atomic E-state index is 13.0. The first-order chi connectivity index (χ1) is 10.2. The Balaban J connectivity index is 1.77. The monoisotopic (exact) mass is 286 g/mol. The molecule has 112 valence electrons. The van der Waals surface area contributed by atoms with E-state index in [1.54, 1.807) is 0 Å². The topological polar surface area (TPSA) is 52.9 Å². The lowest BCUT2D eigenvalue weighted by Crippen LogP contribution is -2.48. The molecular weight excluding hydrogens is 264 g/mol. The van der Waals surface area contributed by atoms with Crippen LogP contribution in [0.25, 0.3) is 0 Å². The molecule has 0 bridgehead atoms. The molecule has 1 aromatic rings. The van der Waals surface area contributed by atoms with E-state index in [1.165, 1.54) is 0 Å². The van der Waals surface area contributed by atoms with Crippen LogP contribution in [0, 0.1) is 5.92 Å². The van der Waals surface area contributed by atoms with Crippen molar-refractivity contribution in [2.24, 2.45) is 11.1 Å². The number of carbonyl (C=O) groups is 1. The number of likely N-dealkylation sites (tertiary alicyclic amines) is 1. The Morgan fingerprint density at radius 3 is 2.67 bits per heavy atom. The number of rotatable bonds is 3. The van der Waals surface area contributed by atoms with E-state index in [2.05, 4.69) is 24.2 Å². The average Bonchev–Trinajstić information content (AvgIpc) is 3.36. The van der Waals surface area contributed by atoms with Crippen molar-refractivity contribution in [1.29, 1.82) is 0 Å². The molecule has 1 aliphatic heterocycles. The van der Waals surface area contributed by atoms with Gasteiger partial charge in [-0.05, 0) is 24.8 Å². The minimum Gasteiger partial charge on any atom is -0.411 e. The highest BCUT2D eigenvalue weighted by Gasteiger charge is 2.53. The third-order valence-corrected chi connectivity index (χ3v) is 4.94. The molecular formula is C17H22N2O2. The first-order valence-corrected chi connectivity index (χ1v) is 7.77. The van der Waals surface area contributed by atoms with Gasteiger partial charge in [0, 0.05) is 25.4 Å². The zero-order valence-electron chi connectivity index (χ0n) is 12.5. The van der Waals surface area contributed by atoms with E-state index in [0.29, 0.717) is 19.5 Å². The Kier molecular flexibility index (Phi) is 3.70. The largest absolute Gasteiger partial charge is 0.411 e. The van der Waals surface area contributed by atoms with Crippen LogP contribution in [0.2, 0.25) is 0 Å². The van der Waals surface area contributed by atoms with Crippen LogP contribution in [-0.2, 0) is 10.2 Å². The molecule has 2 fully saturated rings. The molecule has 4 nitrogen and oxygen atoms in total. The van der Waals surface area contributed by atoms with E-state index in [4.69, 9.17) is 5.21 Å². The second-order valence-corrected chi connectivity index (χ2v) is 6.15. The summed E-state index contributed by atoms with van der Waals surface area (Å²) in [5, 5.41) is 12.5. The molecule has 1 amide bonds. The quantitative estimate of drug-likeness (QED) is 0.686. The summed E-state index contributed by atoms with van der Waals surface area (Å²) in [4.78, 5) is 14.9. The Labute approximate surface area is 125 Å². The number of nitrogens with zero attached hydrogens (tertiary/aromatic N) is 2. The molecule has 1 heterocycles. The van der Waals surface area contributed by atoms with Crippen LogP contribution in [0.1, 0.15) is 38.2 Å². The van der Waals surface area contributed by atoms with Gasteiger partial charge in [-0.1, -0.05) is 42.4 Å². The second kappa shape index (κ2) is 5.51. The molecule has 1 aromatic carbocycles. The molecule has 1 aliphatic carbocycles. The van der Waals surface area contributed by atoms with Crippen molar-refractivity contribution in [1.82, 2.24) is 4.90 Å². The third-order valence-electron chi connectivity index (χ3n) is 4.94. The van der Waals surface area contributed by atoms with Gasteiger partial charge in [-0.25, -0.2) is 0 Å². The highest BCUT2D eigenvalue weighted by Crippen LogP contribution is 2.49. The molecule has 1 N–H and O–H groups in total. The predicted molar refractivity (Wildman–Crippen MR) is 81.6 cm³/mol. The molecule has 1 saturated heterocycles. The van der Waals surface area contributed by atoms with Crippen LogP contribution in [-0.4, -0.2) is 34.8 Å². The lowest BCUT2D eigenvalue weighted by Gasteiger charge is -2.35. The third kappa shape index (κ3) is 2.43. The molecule has 0 spiro atoms. The number of hydrogen-bond donors (Lipinski definition) is 1. The minimum atomic E-state index is -0.284. The molecule has 21 heavy (non-hydrogen) atoms. The zero-order chi connectivity index (χ0) is 14.9. The van der Waals surface area contributed by atoms with Crippen molar-refractivity contribution in [3.63, 3.8) is 0 Å².